The molecular formula is C19H29NO6. The Labute approximate surface area is 154 Å². The molecule has 1 saturated heterocycles. The first-order valence-corrected chi connectivity index (χ1v) is 8.84. The topological polar surface area (TPSA) is 77.5 Å². The minimum Gasteiger partial charge on any atom is -0.493 e. The monoisotopic (exact) mass is 367 g/mol. The zero-order valence-corrected chi connectivity index (χ0v) is 15.8. The van der Waals surface area contributed by atoms with Gasteiger partial charge in [0.2, 0.25) is 0 Å². The molecule has 1 aliphatic heterocycles. The van der Waals surface area contributed by atoms with Crippen LogP contribution in [0.4, 0.5) is 0 Å². The third kappa shape index (κ3) is 5.86. The van der Waals surface area contributed by atoms with Crippen molar-refractivity contribution in [1.82, 2.24) is 4.90 Å². The average molecular weight is 367 g/mol. The maximum Gasteiger partial charge on any atom is 0.308 e. The number of carbonyl (C=O) groups is 1. The van der Waals surface area contributed by atoms with Crippen molar-refractivity contribution in [2.45, 2.75) is 25.6 Å². The first-order chi connectivity index (χ1) is 12.6. The van der Waals surface area contributed by atoms with Crippen molar-refractivity contribution in [1.29, 1.82) is 0 Å². The summed E-state index contributed by atoms with van der Waals surface area (Å²) in [6.45, 7) is 2.76. The summed E-state index contributed by atoms with van der Waals surface area (Å²) in [5.74, 6) is 1.17. The summed E-state index contributed by atoms with van der Waals surface area (Å²) in [5, 5.41) is 10.2. The molecule has 7 heteroatoms. The third-order valence-electron chi connectivity index (χ3n) is 4.62. The van der Waals surface area contributed by atoms with Crippen LogP contribution in [-0.2, 0) is 20.9 Å². The van der Waals surface area contributed by atoms with Crippen LogP contribution in [0.5, 0.6) is 11.5 Å². The highest BCUT2D eigenvalue weighted by Crippen LogP contribution is 2.27. The van der Waals surface area contributed by atoms with Crippen LogP contribution in [-0.4, -0.2) is 69.7 Å². The van der Waals surface area contributed by atoms with Gasteiger partial charge in [-0.3, -0.25) is 4.79 Å². The molecule has 0 spiro atoms. The summed E-state index contributed by atoms with van der Waals surface area (Å²) in [4.78, 5) is 13.7. The second-order valence-electron chi connectivity index (χ2n) is 6.46. The minimum atomic E-state index is -0.565. The molecule has 0 bridgehead atoms. The molecule has 0 saturated carbocycles. The van der Waals surface area contributed by atoms with Crippen LogP contribution in [0.25, 0.3) is 0 Å². The molecule has 1 atom stereocenters. The van der Waals surface area contributed by atoms with E-state index < -0.39 is 6.10 Å². The molecule has 0 aliphatic carbocycles. The standard InChI is InChI=1S/C19H29NO6/c1-23-17-5-4-14(10-18(17)24-2)12-26-13-16(21)11-20-8-6-15(7-9-20)19(22)25-3/h4-5,10,15-16,21H,6-9,11-13H2,1-3H3/t16-/m0/s1. The first kappa shape index (κ1) is 20.5. The Bertz CT molecular complexity index is 571. The van der Waals surface area contributed by atoms with Gasteiger partial charge in [-0.2, -0.15) is 0 Å². The van der Waals surface area contributed by atoms with E-state index in [1.807, 2.05) is 18.2 Å². The highest BCUT2D eigenvalue weighted by atomic mass is 16.5. The number of methoxy groups -OCH3 is 3. The number of esters is 1. The Morgan fingerprint density at radius 3 is 2.50 bits per heavy atom. The molecule has 0 radical (unpaired) electrons. The average Bonchev–Trinajstić information content (AvgIpc) is 2.67. The smallest absolute Gasteiger partial charge is 0.308 e. The van der Waals surface area contributed by atoms with E-state index in [0.717, 1.165) is 31.5 Å². The molecule has 0 amide bonds. The van der Waals surface area contributed by atoms with E-state index in [2.05, 4.69) is 4.90 Å². The van der Waals surface area contributed by atoms with E-state index in [4.69, 9.17) is 18.9 Å². The van der Waals surface area contributed by atoms with Gasteiger partial charge in [0.1, 0.15) is 0 Å². The molecule has 1 heterocycles. The van der Waals surface area contributed by atoms with Crippen LogP contribution in [0.3, 0.4) is 0 Å². The third-order valence-corrected chi connectivity index (χ3v) is 4.62. The van der Waals surface area contributed by atoms with Crippen molar-refractivity contribution >= 4 is 5.97 Å². The predicted molar refractivity (Wildman–Crippen MR) is 96.4 cm³/mol. The Morgan fingerprint density at radius 1 is 1.19 bits per heavy atom. The normalized spacial score (nSPS) is 16.9. The van der Waals surface area contributed by atoms with Crippen LogP contribution in [0.15, 0.2) is 18.2 Å². The fraction of sp³-hybridized carbons (Fsp3) is 0.632. The number of carbonyl (C=O) groups excluding carboxylic acids is 1. The number of hydrogen-bond acceptors (Lipinski definition) is 7. The summed E-state index contributed by atoms with van der Waals surface area (Å²) in [6, 6.07) is 5.60. The summed E-state index contributed by atoms with van der Waals surface area (Å²) < 4.78 is 20.9. The van der Waals surface area contributed by atoms with Gasteiger partial charge in [-0.25, -0.2) is 0 Å². The summed E-state index contributed by atoms with van der Waals surface area (Å²) in [7, 11) is 4.61. The van der Waals surface area contributed by atoms with Crippen molar-refractivity contribution < 1.29 is 28.8 Å². The van der Waals surface area contributed by atoms with Crippen molar-refractivity contribution in [3.8, 4) is 11.5 Å². The number of nitrogens with zero attached hydrogens (tertiary/aromatic N) is 1. The number of aliphatic hydroxyl groups excluding tert-OH is 1. The van der Waals surface area contributed by atoms with Crippen LogP contribution in [0.1, 0.15) is 18.4 Å². The number of aliphatic hydroxyl groups is 1. The van der Waals surface area contributed by atoms with Gasteiger partial charge in [0.05, 0.1) is 46.6 Å². The lowest BCUT2D eigenvalue weighted by atomic mass is 9.97. The Balaban J connectivity index is 1.69. The molecule has 1 fully saturated rings. The molecule has 146 valence electrons. The number of likely N-dealkylation sites (tertiary alicyclic amines) is 1. The largest absolute Gasteiger partial charge is 0.493 e. The molecule has 26 heavy (non-hydrogen) atoms. The Hall–Kier alpha value is -1.83. The lowest BCUT2D eigenvalue weighted by Gasteiger charge is -2.31. The lowest BCUT2D eigenvalue weighted by molar-refractivity contribution is -0.147. The van der Waals surface area contributed by atoms with Crippen LogP contribution in [0, 0.1) is 5.92 Å². The zero-order chi connectivity index (χ0) is 18.9. The molecule has 0 aromatic heterocycles. The number of piperidine rings is 1. The van der Waals surface area contributed by atoms with E-state index in [9.17, 15) is 9.90 Å². The van der Waals surface area contributed by atoms with E-state index in [-0.39, 0.29) is 18.5 Å². The number of benzene rings is 1. The Morgan fingerprint density at radius 2 is 1.88 bits per heavy atom. The van der Waals surface area contributed by atoms with Crippen LogP contribution in [0.2, 0.25) is 0 Å². The summed E-state index contributed by atoms with van der Waals surface area (Å²) in [5.41, 5.74) is 0.953. The number of β-amino-alcohol motifs (C(OH)–C–C–N with tert-alkyl or cyclic N) is 1. The molecular weight excluding hydrogens is 338 g/mol. The van der Waals surface area contributed by atoms with Gasteiger partial charge in [-0.05, 0) is 43.6 Å². The number of hydrogen-bond donors (Lipinski definition) is 1. The summed E-state index contributed by atoms with van der Waals surface area (Å²) in [6.07, 6.45) is 0.974. The molecule has 0 unspecified atom stereocenters. The van der Waals surface area contributed by atoms with E-state index >= 15 is 0 Å². The first-order valence-electron chi connectivity index (χ1n) is 8.84. The second kappa shape index (κ2) is 10.4. The van der Waals surface area contributed by atoms with Gasteiger partial charge in [-0.15, -0.1) is 0 Å². The molecule has 1 aromatic rings. The van der Waals surface area contributed by atoms with Gasteiger partial charge >= 0.3 is 5.97 Å². The second-order valence-corrected chi connectivity index (χ2v) is 6.46. The Kier molecular flexibility index (Phi) is 8.15. The fourth-order valence-corrected chi connectivity index (χ4v) is 3.15. The molecule has 2 rings (SSSR count). The van der Waals surface area contributed by atoms with Gasteiger partial charge in [0.15, 0.2) is 11.5 Å². The SMILES string of the molecule is COC(=O)C1CCN(C[C@H](O)COCc2ccc(OC)c(OC)c2)CC1. The summed E-state index contributed by atoms with van der Waals surface area (Å²) >= 11 is 0. The molecule has 1 aliphatic rings. The van der Waals surface area contributed by atoms with Gasteiger partial charge in [0, 0.05) is 6.54 Å². The quantitative estimate of drug-likeness (QED) is 0.662. The van der Waals surface area contributed by atoms with Crippen LogP contribution >= 0.6 is 0 Å². The lowest BCUT2D eigenvalue weighted by Crippen LogP contribution is -2.41. The fourth-order valence-electron chi connectivity index (χ4n) is 3.15. The molecule has 7 nitrogen and oxygen atoms in total. The van der Waals surface area contributed by atoms with Crippen molar-refractivity contribution in [3.63, 3.8) is 0 Å². The van der Waals surface area contributed by atoms with Crippen molar-refractivity contribution in [3.05, 3.63) is 23.8 Å². The predicted octanol–water partition coefficient (Wildman–Crippen LogP) is 1.47. The highest BCUT2D eigenvalue weighted by molar-refractivity contribution is 5.72. The highest BCUT2D eigenvalue weighted by Gasteiger charge is 2.26. The van der Waals surface area contributed by atoms with Gasteiger partial charge in [0.25, 0.3) is 0 Å². The molecule has 1 N–H and O–H groups in total. The van der Waals surface area contributed by atoms with Crippen molar-refractivity contribution in [2.24, 2.45) is 5.92 Å². The number of rotatable bonds is 9. The van der Waals surface area contributed by atoms with E-state index in [0.29, 0.717) is 24.7 Å². The van der Waals surface area contributed by atoms with Crippen molar-refractivity contribution in [2.75, 3.05) is 47.6 Å². The van der Waals surface area contributed by atoms with Gasteiger partial charge < -0.3 is 29.0 Å². The molecule has 1 aromatic carbocycles. The zero-order valence-electron chi connectivity index (χ0n) is 15.8. The van der Waals surface area contributed by atoms with E-state index in [1.165, 1.54) is 7.11 Å². The van der Waals surface area contributed by atoms with Crippen LogP contribution < -0.4 is 9.47 Å². The minimum absolute atomic E-state index is 0.0188. The maximum atomic E-state index is 11.5. The van der Waals surface area contributed by atoms with Gasteiger partial charge in [-0.1, -0.05) is 6.07 Å². The maximum absolute atomic E-state index is 11.5. The number of ether oxygens (including phenoxy) is 4. The van der Waals surface area contributed by atoms with E-state index in [1.54, 1.807) is 14.2 Å².